The van der Waals surface area contributed by atoms with Crippen LogP contribution in [0.5, 0.6) is 0 Å². The second kappa shape index (κ2) is 11.7. The zero-order chi connectivity index (χ0) is 13.5. The Hall–Kier alpha value is 0.597. The maximum absolute atomic E-state index is 8.97. The molecule has 17 heteroatoms. The van der Waals surface area contributed by atoms with Crippen molar-refractivity contribution in [3.63, 3.8) is 0 Å². The van der Waals surface area contributed by atoms with Gasteiger partial charge in [-0.1, -0.05) is 0 Å². The van der Waals surface area contributed by atoms with Gasteiger partial charge in [-0.3, -0.25) is 21.4 Å². The van der Waals surface area contributed by atoms with Crippen molar-refractivity contribution in [2.24, 2.45) is 5.14 Å². The fourth-order valence-corrected chi connectivity index (χ4v) is 0. The molecule has 17 heavy (non-hydrogen) atoms. The molecule has 0 radical (unpaired) electrons. The van der Waals surface area contributed by atoms with Crippen molar-refractivity contribution in [3.8, 4) is 0 Å². The minimum Gasteiger partial charge on any atom is -0.759 e. The Morgan fingerprint density at radius 2 is 0.706 bits per heavy atom. The summed E-state index contributed by atoms with van der Waals surface area (Å²) in [5, 5.41) is 3.88. The van der Waals surface area contributed by atoms with Crippen LogP contribution >= 0.6 is 0 Å². The van der Waals surface area contributed by atoms with E-state index < -0.39 is 31.1 Å². The molecular weight excluding hydrogens is 404 g/mol. The first-order valence-electron chi connectivity index (χ1n) is 2.08. The van der Waals surface area contributed by atoms with Crippen LogP contribution in [-0.4, -0.2) is 48.0 Å². The Balaban J connectivity index is -0.0000000400. The van der Waals surface area contributed by atoms with Gasteiger partial charge < -0.3 is 18.2 Å². The molecule has 3 N–H and O–H groups in total. The van der Waals surface area contributed by atoms with E-state index in [4.69, 9.17) is 48.0 Å². The third-order valence-corrected chi connectivity index (χ3v) is 0. The van der Waals surface area contributed by atoms with E-state index in [-0.39, 0.29) is 33.0 Å². The van der Waals surface area contributed by atoms with Gasteiger partial charge in [0.25, 0.3) is 0 Å². The largest absolute Gasteiger partial charge is 2.00 e. The molecule has 112 valence electrons. The standard InChI is InChI=1S/H3NO3S.2Ni.2H2O4S/c1-5(2,3)4;;;2*1-5(2,3)4/h(H3,1,2,3,4);;;2*(H2,1,2,3,4)/q;2*+2;;/p-4. The van der Waals surface area contributed by atoms with Gasteiger partial charge in [-0.25, -0.2) is 5.14 Å². The summed E-state index contributed by atoms with van der Waals surface area (Å²) < 4.78 is 93.4. The van der Waals surface area contributed by atoms with Gasteiger partial charge in [0.1, 0.15) is 0 Å². The summed E-state index contributed by atoms with van der Waals surface area (Å²) in [6.07, 6.45) is 0. The zero-order valence-electron chi connectivity index (χ0n) is 6.96. The van der Waals surface area contributed by atoms with Crippen LogP contribution in [0.2, 0.25) is 0 Å². The second-order valence-corrected chi connectivity index (χ2v) is 3.99. The molecular formula is H3NNi2O11S3. The van der Waals surface area contributed by atoms with Gasteiger partial charge in [-0.05, 0) is 0 Å². The van der Waals surface area contributed by atoms with E-state index in [0.717, 1.165) is 0 Å². The van der Waals surface area contributed by atoms with E-state index in [1.165, 1.54) is 0 Å². The summed E-state index contributed by atoms with van der Waals surface area (Å²) in [6, 6.07) is 0. The summed E-state index contributed by atoms with van der Waals surface area (Å²) in [6.45, 7) is 0. The average molecular weight is 407 g/mol. The van der Waals surface area contributed by atoms with Gasteiger partial charge in [-0.15, -0.1) is 0 Å². The molecule has 0 aliphatic heterocycles. The van der Waals surface area contributed by atoms with Gasteiger partial charge in [0.05, 0.1) is 0 Å². The number of hydrogen-bond acceptors (Lipinski definition) is 10. The first-order chi connectivity index (χ1) is 6.00. The molecule has 0 aromatic rings. The summed E-state index contributed by atoms with van der Waals surface area (Å²) in [5.41, 5.74) is 0. The van der Waals surface area contributed by atoms with Gasteiger partial charge in [0.15, 0.2) is 0 Å². The minimum atomic E-state index is -5.17. The van der Waals surface area contributed by atoms with Crippen molar-refractivity contribution in [1.82, 2.24) is 0 Å². The maximum Gasteiger partial charge on any atom is 2.00 e. The van der Waals surface area contributed by atoms with Crippen LogP contribution in [0.25, 0.3) is 0 Å². The van der Waals surface area contributed by atoms with Gasteiger partial charge >= 0.3 is 43.3 Å². The number of nitrogens with two attached hydrogens (primary N) is 1. The molecule has 0 unspecified atom stereocenters. The van der Waals surface area contributed by atoms with Crippen molar-refractivity contribution in [3.05, 3.63) is 0 Å². The maximum atomic E-state index is 8.97. The Kier molecular flexibility index (Phi) is 21.0. The molecule has 0 spiro atoms. The molecule has 12 nitrogen and oxygen atoms in total. The smallest absolute Gasteiger partial charge is 0.759 e. The Labute approximate surface area is 117 Å². The molecule has 0 atom stereocenters. The Bertz CT molecular complexity index is 346. The van der Waals surface area contributed by atoms with Gasteiger partial charge in [-0.2, -0.15) is 8.42 Å². The van der Waals surface area contributed by atoms with Gasteiger partial charge in [0, 0.05) is 20.8 Å². The predicted molar refractivity (Wildman–Crippen MR) is 36.7 cm³/mol. The topological polar surface area (TPSA) is 241 Å². The molecule has 0 saturated carbocycles. The summed E-state index contributed by atoms with van der Waals surface area (Å²) in [5.74, 6) is 0. The van der Waals surface area contributed by atoms with Crippen molar-refractivity contribution >= 4 is 31.1 Å². The van der Waals surface area contributed by atoms with E-state index in [1.54, 1.807) is 0 Å². The van der Waals surface area contributed by atoms with E-state index in [2.05, 4.69) is 5.14 Å². The fraction of sp³-hybridized carbons (Fsp3) is 0. The van der Waals surface area contributed by atoms with E-state index >= 15 is 0 Å². The van der Waals surface area contributed by atoms with Crippen LogP contribution in [0, 0.1) is 0 Å². The normalized spacial score (nSPS) is 10.2. The molecule has 0 bridgehead atoms. The first kappa shape index (κ1) is 30.5. The van der Waals surface area contributed by atoms with Crippen molar-refractivity contribution in [1.29, 1.82) is 0 Å². The van der Waals surface area contributed by atoms with Crippen molar-refractivity contribution < 1.29 is 81.0 Å². The van der Waals surface area contributed by atoms with Crippen LogP contribution in [0.4, 0.5) is 0 Å². The average Bonchev–Trinajstić information content (AvgIpc) is 1.41. The molecule has 0 rings (SSSR count). The molecule has 0 amide bonds. The van der Waals surface area contributed by atoms with Gasteiger partial charge in [0.2, 0.25) is 0 Å². The molecule has 0 heterocycles. The molecule has 0 aliphatic rings. The SMILES string of the molecule is NS(=O)(=O)O.O=S(=O)([O-])[O-].O=S(=O)([O-])[O-].[Ni+2].[Ni+2]. The summed E-state index contributed by atoms with van der Waals surface area (Å²) in [7, 11) is -14.5. The molecule has 0 aromatic heterocycles. The monoisotopic (exact) mass is 405 g/mol. The molecule has 0 aromatic carbocycles. The molecule has 0 fully saturated rings. The van der Waals surface area contributed by atoms with Crippen molar-refractivity contribution in [2.45, 2.75) is 0 Å². The van der Waals surface area contributed by atoms with Crippen LogP contribution in [0.15, 0.2) is 0 Å². The summed E-state index contributed by atoms with van der Waals surface area (Å²) >= 11 is 0. The zero-order valence-corrected chi connectivity index (χ0v) is 11.4. The van der Waals surface area contributed by atoms with E-state index in [0.29, 0.717) is 0 Å². The van der Waals surface area contributed by atoms with Crippen LogP contribution in [0.3, 0.4) is 0 Å². The quantitative estimate of drug-likeness (QED) is 0.223. The Morgan fingerprint density at radius 1 is 0.706 bits per heavy atom. The molecule has 0 aliphatic carbocycles. The van der Waals surface area contributed by atoms with Crippen molar-refractivity contribution in [2.75, 3.05) is 0 Å². The number of rotatable bonds is 0. The van der Waals surface area contributed by atoms with Crippen LogP contribution in [0.1, 0.15) is 0 Å². The number of hydrogen-bond donors (Lipinski definition) is 2. The minimum absolute atomic E-state index is 0. The Morgan fingerprint density at radius 3 is 0.706 bits per heavy atom. The van der Waals surface area contributed by atoms with Crippen LogP contribution in [-0.2, 0) is 64.1 Å². The van der Waals surface area contributed by atoms with E-state index in [9.17, 15) is 0 Å². The first-order valence-corrected chi connectivity index (χ1v) is 6.25. The van der Waals surface area contributed by atoms with E-state index in [1.807, 2.05) is 0 Å². The summed E-state index contributed by atoms with van der Waals surface area (Å²) in [4.78, 5) is 0. The fourth-order valence-electron chi connectivity index (χ4n) is 0. The second-order valence-electron chi connectivity index (χ2n) is 1.33. The van der Waals surface area contributed by atoms with Crippen LogP contribution < -0.4 is 5.14 Å². The predicted octanol–water partition coefficient (Wildman–Crippen LogP) is -3.93. The molecule has 0 saturated heterocycles. The third kappa shape index (κ3) is 9920. The third-order valence-electron chi connectivity index (χ3n) is 0.